The van der Waals surface area contributed by atoms with E-state index in [0.717, 1.165) is 10.8 Å². The van der Waals surface area contributed by atoms with Crippen molar-refractivity contribution in [2.24, 2.45) is 0 Å². The van der Waals surface area contributed by atoms with Gasteiger partial charge in [-0.2, -0.15) is 9.50 Å². The molecule has 0 saturated carbocycles. The van der Waals surface area contributed by atoms with E-state index >= 15 is 0 Å². The summed E-state index contributed by atoms with van der Waals surface area (Å²) in [6, 6.07) is 21.4. The molecule has 2 aromatic heterocycles. The van der Waals surface area contributed by atoms with Crippen molar-refractivity contribution >= 4 is 27.5 Å². The average molecular weight is 356 g/mol. The molecular weight excluding hydrogens is 340 g/mol. The maximum absolute atomic E-state index is 13.0. The molecular formula is C21H16N4O2. The Bertz CT molecular complexity index is 1350. The first-order valence-corrected chi connectivity index (χ1v) is 8.79. The van der Waals surface area contributed by atoms with E-state index in [9.17, 15) is 4.79 Å². The number of para-hydroxylation sites is 1. The van der Waals surface area contributed by atoms with E-state index in [1.807, 2.05) is 73.7 Å². The van der Waals surface area contributed by atoms with Crippen LogP contribution in [0.2, 0.25) is 0 Å². The van der Waals surface area contributed by atoms with Crippen LogP contribution in [0, 0.1) is 0 Å². The van der Waals surface area contributed by atoms with Gasteiger partial charge < -0.3 is 4.74 Å². The van der Waals surface area contributed by atoms with E-state index < -0.39 is 0 Å². The van der Waals surface area contributed by atoms with Gasteiger partial charge in [0.05, 0.1) is 10.9 Å². The second kappa shape index (κ2) is 5.95. The Labute approximate surface area is 154 Å². The second-order valence-electron chi connectivity index (χ2n) is 6.29. The predicted octanol–water partition coefficient (Wildman–Crippen LogP) is 4.01. The molecule has 0 bridgehead atoms. The lowest BCUT2D eigenvalue weighted by Crippen LogP contribution is -2.22. The number of aromatic nitrogens is 4. The lowest BCUT2D eigenvalue weighted by atomic mass is 10.1. The molecule has 3 aromatic carbocycles. The van der Waals surface area contributed by atoms with Crippen molar-refractivity contribution in [2.75, 3.05) is 0 Å². The number of aryl methyl sites for hydroxylation is 1. The number of rotatable bonds is 3. The van der Waals surface area contributed by atoms with E-state index in [4.69, 9.17) is 4.74 Å². The Hall–Kier alpha value is -3.67. The summed E-state index contributed by atoms with van der Waals surface area (Å²) >= 11 is 0. The van der Waals surface area contributed by atoms with Crippen molar-refractivity contribution < 1.29 is 4.74 Å². The third-order valence-electron chi connectivity index (χ3n) is 4.65. The number of hydrogen-bond donors (Lipinski definition) is 0. The van der Waals surface area contributed by atoms with E-state index in [-0.39, 0.29) is 11.6 Å². The molecule has 5 rings (SSSR count). The predicted molar refractivity (Wildman–Crippen MR) is 104 cm³/mol. The Balaban J connectivity index is 1.82. The summed E-state index contributed by atoms with van der Waals surface area (Å²) in [6.45, 7) is 2.41. The smallest absolute Gasteiger partial charge is 0.343 e. The molecule has 0 radical (unpaired) electrons. The van der Waals surface area contributed by atoms with E-state index in [2.05, 4.69) is 10.1 Å². The highest BCUT2D eigenvalue weighted by atomic mass is 16.5. The average Bonchev–Trinajstić information content (AvgIpc) is 3.11. The summed E-state index contributed by atoms with van der Waals surface area (Å²) in [4.78, 5) is 17.5. The molecule has 0 spiro atoms. The first-order valence-electron chi connectivity index (χ1n) is 8.79. The van der Waals surface area contributed by atoms with Crippen LogP contribution in [0.5, 0.6) is 11.8 Å². The summed E-state index contributed by atoms with van der Waals surface area (Å²) < 4.78 is 9.08. The van der Waals surface area contributed by atoms with Crippen molar-refractivity contribution in [3.8, 4) is 11.8 Å². The molecule has 2 heterocycles. The van der Waals surface area contributed by atoms with Gasteiger partial charge in [-0.3, -0.25) is 9.36 Å². The highest BCUT2D eigenvalue weighted by molar-refractivity contribution is 5.96. The number of nitrogens with zero attached hydrogens (tertiary/aromatic N) is 4. The molecule has 5 aromatic rings. The van der Waals surface area contributed by atoms with Crippen molar-refractivity contribution in [3.63, 3.8) is 0 Å². The lowest BCUT2D eigenvalue weighted by molar-refractivity contribution is 0.443. The van der Waals surface area contributed by atoms with Gasteiger partial charge in [-0.25, -0.2) is 0 Å². The van der Waals surface area contributed by atoms with Crippen LogP contribution < -0.4 is 10.3 Å². The van der Waals surface area contributed by atoms with Crippen LogP contribution >= 0.6 is 0 Å². The van der Waals surface area contributed by atoms with Crippen LogP contribution in [-0.4, -0.2) is 19.2 Å². The van der Waals surface area contributed by atoms with Gasteiger partial charge in [0.1, 0.15) is 5.75 Å². The molecule has 27 heavy (non-hydrogen) atoms. The number of ether oxygens (including phenoxy) is 1. The quantitative estimate of drug-likeness (QED) is 0.458. The van der Waals surface area contributed by atoms with Gasteiger partial charge >= 0.3 is 6.01 Å². The van der Waals surface area contributed by atoms with Crippen LogP contribution in [0.4, 0.5) is 0 Å². The molecule has 0 amide bonds. The Kier molecular flexibility index (Phi) is 3.43. The Morgan fingerprint density at radius 3 is 2.41 bits per heavy atom. The zero-order valence-corrected chi connectivity index (χ0v) is 14.7. The highest BCUT2D eigenvalue weighted by Gasteiger charge is 2.16. The van der Waals surface area contributed by atoms with Gasteiger partial charge in [-0.05, 0) is 42.0 Å². The minimum Gasteiger partial charge on any atom is -0.423 e. The summed E-state index contributed by atoms with van der Waals surface area (Å²) in [5, 5.41) is 7.19. The molecule has 0 aliphatic rings. The van der Waals surface area contributed by atoms with Crippen LogP contribution in [0.25, 0.3) is 27.5 Å². The summed E-state index contributed by atoms with van der Waals surface area (Å²) in [5.74, 6) is 1.12. The zero-order valence-electron chi connectivity index (χ0n) is 14.7. The van der Waals surface area contributed by atoms with Gasteiger partial charge in [0, 0.05) is 6.54 Å². The first kappa shape index (κ1) is 15.6. The van der Waals surface area contributed by atoms with Crippen molar-refractivity contribution in [1.29, 1.82) is 0 Å². The van der Waals surface area contributed by atoms with Crippen molar-refractivity contribution in [1.82, 2.24) is 19.2 Å². The third kappa shape index (κ3) is 2.45. The second-order valence-corrected chi connectivity index (χ2v) is 6.29. The van der Waals surface area contributed by atoms with Crippen molar-refractivity contribution in [2.45, 2.75) is 13.5 Å². The molecule has 0 fully saturated rings. The van der Waals surface area contributed by atoms with Crippen LogP contribution in [-0.2, 0) is 6.54 Å². The lowest BCUT2D eigenvalue weighted by Gasteiger charge is -2.08. The normalized spacial score (nSPS) is 11.4. The van der Waals surface area contributed by atoms with Gasteiger partial charge in [-0.15, -0.1) is 5.10 Å². The molecule has 6 nitrogen and oxygen atoms in total. The molecule has 0 aliphatic carbocycles. The van der Waals surface area contributed by atoms with Gasteiger partial charge in [-0.1, -0.05) is 42.5 Å². The fourth-order valence-electron chi connectivity index (χ4n) is 3.36. The maximum Gasteiger partial charge on any atom is 0.343 e. The number of hydrogen-bond acceptors (Lipinski definition) is 4. The molecule has 0 atom stereocenters. The van der Waals surface area contributed by atoms with E-state index in [0.29, 0.717) is 29.0 Å². The fraction of sp³-hybridized carbons (Fsp3) is 0.0952. The molecule has 132 valence electrons. The van der Waals surface area contributed by atoms with Gasteiger partial charge in [0.2, 0.25) is 5.78 Å². The summed E-state index contributed by atoms with van der Waals surface area (Å²) in [7, 11) is 0. The zero-order chi connectivity index (χ0) is 18.4. The highest BCUT2D eigenvalue weighted by Crippen LogP contribution is 2.23. The monoisotopic (exact) mass is 356 g/mol. The Morgan fingerprint density at radius 1 is 0.963 bits per heavy atom. The van der Waals surface area contributed by atoms with Crippen LogP contribution in [0.15, 0.2) is 71.5 Å². The minimum atomic E-state index is -0.0792. The van der Waals surface area contributed by atoms with E-state index in [1.54, 1.807) is 9.08 Å². The first-order chi connectivity index (χ1) is 13.2. The molecule has 0 unspecified atom stereocenters. The Morgan fingerprint density at radius 2 is 1.67 bits per heavy atom. The number of fused-ring (bicyclic) bond motifs is 4. The molecule has 6 heteroatoms. The summed E-state index contributed by atoms with van der Waals surface area (Å²) in [5.41, 5.74) is 0.637. The fourth-order valence-corrected chi connectivity index (χ4v) is 3.36. The minimum absolute atomic E-state index is 0.0792. The van der Waals surface area contributed by atoms with E-state index in [1.165, 1.54) is 0 Å². The molecule has 0 saturated heterocycles. The maximum atomic E-state index is 13.0. The SMILES string of the molecule is CCn1c(=O)c2cc3ccccc3cc2n2nc(Oc3ccccc3)nc12. The third-order valence-corrected chi connectivity index (χ3v) is 4.65. The van der Waals surface area contributed by atoms with Crippen molar-refractivity contribution in [3.05, 3.63) is 77.1 Å². The standard InChI is InChI=1S/C21H16N4O2/c1-2-24-19(26)17-12-14-8-6-7-9-15(14)13-18(17)25-21(24)22-20(23-25)27-16-10-4-3-5-11-16/h3-13H,2H2,1H3. The van der Waals surface area contributed by atoms with Crippen LogP contribution in [0.3, 0.4) is 0 Å². The molecule has 0 aliphatic heterocycles. The van der Waals surface area contributed by atoms with Gasteiger partial charge in [0.25, 0.3) is 5.56 Å². The molecule has 0 N–H and O–H groups in total. The topological polar surface area (TPSA) is 61.4 Å². The van der Waals surface area contributed by atoms with Crippen LogP contribution in [0.1, 0.15) is 6.92 Å². The summed E-state index contributed by atoms with van der Waals surface area (Å²) in [6.07, 6.45) is 0. The number of benzene rings is 3. The van der Waals surface area contributed by atoms with Gasteiger partial charge in [0.15, 0.2) is 0 Å². The largest absolute Gasteiger partial charge is 0.423 e.